The molecule has 1 aromatic carbocycles. The van der Waals surface area contributed by atoms with Crippen LogP contribution in [0.4, 0.5) is 10.1 Å². The van der Waals surface area contributed by atoms with E-state index in [1.54, 1.807) is 10.7 Å². The van der Waals surface area contributed by atoms with Crippen molar-refractivity contribution in [3.8, 4) is 11.4 Å². The van der Waals surface area contributed by atoms with Crippen molar-refractivity contribution in [2.45, 2.75) is 26.3 Å². The Morgan fingerprint density at radius 1 is 1.35 bits per heavy atom. The molecule has 0 saturated carbocycles. The summed E-state index contributed by atoms with van der Waals surface area (Å²) in [6.07, 6.45) is 1.80. The third-order valence-electron chi connectivity index (χ3n) is 2.80. The zero-order valence-corrected chi connectivity index (χ0v) is 11.4. The van der Waals surface area contributed by atoms with E-state index in [1.807, 2.05) is 0 Å². The van der Waals surface area contributed by atoms with Gasteiger partial charge < -0.3 is 10.5 Å². The number of tetrazole rings is 1. The molecule has 6 nitrogen and oxygen atoms in total. The lowest BCUT2D eigenvalue weighted by molar-refractivity contribution is 0.128. The number of hydrogen-bond donors (Lipinski definition) is 1. The standard InChI is InChI=1S/C13H18FN5O/c1-2-7-20-8-3-6-19-13(16-17-18-19)10-4-5-12(15)11(14)9-10/h4-5,9H,2-3,6-8,15H2,1H3. The fourth-order valence-electron chi connectivity index (χ4n) is 1.79. The van der Waals surface area contributed by atoms with Gasteiger partial charge in [0.25, 0.3) is 0 Å². The van der Waals surface area contributed by atoms with Crippen molar-refractivity contribution in [3.63, 3.8) is 0 Å². The minimum atomic E-state index is -0.469. The van der Waals surface area contributed by atoms with Crippen LogP contribution in [0.3, 0.4) is 0 Å². The molecule has 0 saturated heterocycles. The first kappa shape index (κ1) is 14.4. The van der Waals surface area contributed by atoms with E-state index in [2.05, 4.69) is 22.4 Å². The van der Waals surface area contributed by atoms with Gasteiger partial charge in [0.1, 0.15) is 5.82 Å². The highest BCUT2D eigenvalue weighted by molar-refractivity contribution is 5.58. The quantitative estimate of drug-likeness (QED) is 0.618. The van der Waals surface area contributed by atoms with Gasteiger partial charge in [-0.2, -0.15) is 0 Å². The van der Waals surface area contributed by atoms with Crippen molar-refractivity contribution >= 4 is 5.69 Å². The maximum Gasteiger partial charge on any atom is 0.182 e. The first-order valence-electron chi connectivity index (χ1n) is 6.61. The van der Waals surface area contributed by atoms with Gasteiger partial charge in [0.2, 0.25) is 0 Å². The normalized spacial score (nSPS) is 10.9. The van der Waals surface area contributed by atoms with Crippen molar-refractivity contribution in [3.05, 3.63) is 24.0 Å². The second kappa shape index (κ2) is 6.95. The Labute approximate surface area is 116 Å². The van der Waals surface area contributed by atoms with Gasteiger partial charge in [0.15, 0.2) is 5.82 Å². The van der Waals surface area contributed by atoms with Gasteiger partial charge in [0, 0.05) is 25.3 Å². The van der Waals surface area contributed by atoms with Crippen LogP contribution in [0, 0.1) is 5.82 Å². The molecule has 0 unspecified atom stereocenters. The van der Waals surface area contributed by atoms with Crippen molar-refractivity contribution in [1.82, 2.24) is 20.2 Å². The number of rotatable bonds is 7. The molecule has 7 heteroatoms. The van der Waals surface area contributed by atoms with Crippen LogP contribution in [0.15, 0.2) is 18.2 Å². The topological polar surface area (TPSA) is 78.8 Å². The number of benzene rings is 1. The van der Waals surface area contributed by atoms with Crippen molar-refractivity contribution in [2.24, 2.45) is 0 Å². The molecule has 0 bridgehead atoms. The van der Waals surface area contributed by atoms with E-state index in [0.717, 1.165) is 19.4 Å². The highest BCUT2D eigenvalue weighted by Crippen LogP contribution is 2.20. The van der Waals surface area contributed by atoms with Gasteiger partial charge in [-0.25, -0.2) is 9.07 Å². The largest absolute Gasteiger partial charge is 0.396 e. The van der Waals surface area contributed by atoms with Gasteiger partial charge in [0.05, 0.1) is 5.69 Å². The van der Waals surface area contributed by atoms with Crippen molar-refractivity contribution in [2.75, 3.05) is 18.9 Å². The molecule has 108 valence electrons. The molecule has 20 heavy (non-hydrogen) atoms. The maximum atomic E-state index is 13.5. The molecule has 0 aliphatic rings. The van der Waals surface area contributed by atoms with Crippen LogP contribution in [-0.2, 0) is 11.3 Å². The summed E-state index contributed by atoms with van der Waals surface area (Å²) in [5, 5.41) is 11.5. The number of nitrogens with two attached hydrogens (primary N) is 1. The summed E-state index contributed by atoms with van der Waals surface area (Å²) in [4.78, 5) is 0. The highest BCUT2D eigenvalue weighted by Gasteiger charge is 2.10. The predicted molar refractivity (Wildman–Crippen MR) is 73.4 cm³/mol. The molecule has 0 fully saturated rings. The van der Waals surface area contributed by atoms with E-state index >= 15 is 0 Å². The molecule has 0 amide bonds. The second-order valence-electron chi connectivity index (χ2n) is 4.43. The van der Waals surface area contributed by atoms with E-state index in [1.165, 1.54) is 12.1 Å². The van der Waals surface area contributed by atoms with Gasteiger partial charge >= 0.3 is 0 Å². The number of anilines is 1. The third kappa shape index (κ3) is 3.51. The van der Waals surface area contributed by atoms with Crippen LogP contribution in [0.2, 0.25) is 0 Å². The average molecular weight is 279 g/mol. The van der Waals surface area contributed by atoms with E-state index in [9.17, 15) is 4.39 Å². The van der Waals surface area contributed by atoms with E-state index in [0.29, 0.717) is 24.5 Å². The first-order chi connectivity index (χ1) is 9.72. The molecule has 2 N–H and O–H groups in total. The Balaban J connectivity index is 2.02. The number of nitrogen functional groups attached to an aromatic ring is 1. The number of aromatic nitrogens is 4. The van der Waals surface area contributed by atoms with E-state index in [4.69, 9.17) is 10.5 Å². The summed E-state index contributed by atoms with van der Waals surface area (Å²) >= 11 is 0. The van der Waals surface area contributed by atoms with Crippen molar-refractivity contribution in [1.29, 1.82) is 0 Å². The lowest BCUT2D eigenvalue weighted by atomic mass is 10.2. The van der Waals surface area contributed by atoms with Gasteiger partial charge in [-0.1, -0.05) is 6.92 Å². The second-order valence-corrected chi connectivity index (χ2v) is 4.43. The molecular weight excluding hydrogens is 261 g/mol. The molecule has 0 spiro atoms. The monoisotopic (exact) mass is 279 g/mol. The van der Waals surface area contributed by atoms with Gasteiger partial charge in [-0.3, -0.25) is 0 Å². The van der Waals surface area contributed by atoms with Crippen LogP contribution in [-0.4, -0.2) is 33.4 Å². The number of aryl methyl sites for hydroxylation is 1. The minimum absolute atomic E-state index is 0.112. The zero-order chi connectivity index (χ0) is 14.4. The molecule has 0 aliphatic heterocycles. The maximum absolute atomic E-state index is 13.5. The summed E-state index contributed by atoms with van der Waals surface area (Å²) in [6.45, 7) is 4.10. The van der Waals surface area contributed by atoms with E-state index in [-0.39, 0.29) is 5.69 Å². The molecular formula is C13H18FN5O. The summed E-state index contributed by atoms with van der Waals surface area (Å²) in [5.74, 6) is 0.0581. The molecule has 0 radical (unpaired) electrons. The third-order valence-corrected chi connectivity index (χ3v) is 2.80. The average Bonchev–Trinajstić information content (AvgIpc) is 2.90. The lowest BCUT2D eigenvalue weighted by Crippen LogP contribution is -2.07. The molecule has 2 aromatic rings. The van der Waals surface area contributed by atoms with Crippen LogP contribution >= 0.6 is 0 Å². The minimum Gasteiger partial charge on any atom is -0.396 e. The zero-order valence-electron chi connectivity index (χ0n) is 11.4. The molecule has 0 atom stereocenters. The van der Waals surface area contributed by atoms with Crippen molar-refractivity contribution < 1.29 is 9.13 Å². The molecule has 0 aliphatic carbocycles. The smallest absolute Gasteiger partial charge is 0.182 e. The van der Waals surface area contributed by atoms with Crippen LogP contribution < -0.4 is 5.73 Å². The summed E-state index contributed by atoms with van der Waals surface area (Å²) in [5.41, 5.74) is 6.18. The molecule has 1 aromatic heterocycles. The Morgan fingerprint density at radius 3 is 2.95 bits per heavy atom. The Kier molecular flexibility index (Phi) is 5.00. The number of halogens is 1. The fraction of sp³-hybridized carbons (Fsp3) is 0.462. The Hall–Kier alpha value is -2.02. The summed E-state index contributed by atoms with van der Waals surface area (Å²) < 4.78 is 20.5. The van der Waals surface area contributed by atoms with Crippen LogP contribution in [0.1, 0.15) is 19.8 Å². The molecule has 1 heterocycles. The van der Waals surface area contributed by atoms with Crippen LogP contribution in [0.5, 0.6) is 0 Å². The predicted octanol–water partition coefficient (Wildman–Crippen LogP) is 1.88. The highest BCUT2D eigenvalue weighted by atomic mass is 19.1. The lowest BCUT2D eigenvalue weighted by Gasteiger charge is -2.06. The SMILES string of the molecule is CCCOCCCn1nnnc1-c1ccc(N)c(F)c1. The first-order valence-corrected chi connectivity index (χ1v) is 6.61. The number of hydrogen-bond acceptors (Lipinski definition) is 5. The van der Waals surface area contributed by atoms with E-state index < -0.39 is 5.82 Å². The number of nitrogens with zero attached hydrogens (tertiary/aromatic N) is 4. The summed E-state index contributed by atoms with van der Waals surface area (Å²) in [6, 6.07) is 4.55. The summed E-state index contributed by atoms with van der Waals surface area (Å²) in [7, 11) is 0. The Bertz CT molecular complexity index is 557. The van der Waals surface area contributed by atoms with Crippen LogP contribution in [0.25, 0.3) is 11.4 Å². The molecule has 2 rings (SSSR count). The van der Waals surface area contributed by atoms with Gasteiger partial charge in [-0.05, 0) is 41.5 Å². The van der Waals surface area contributed by atoms with Gasteiger partial charge in [-0.15, -0.1) is 5.10 Å². The Morgan fingerprint density at radius 2 is 2.20 bits per heavy atom. The fourth-order valence-corrected chi connectivity index (χ4v) is 1.79. The number of ether oxygens (including phenoxy) is 1.